The van der Waals surface area contributed by atoms with Gasteiger partial charge in [0.25, 0.3) is 0 Å². The second-order valence-corrected chi connectivity index (χ2v) is 9.70. The molecule has 0 amide bonds. The van der Waals surface area contributed by atoms with Crippen molar-refractivity contribution in [2.24, 2.45) is 0 Å². The number of thioether (sulfide) groups is 1. The van der Waals surface area contributed by atoms with E-state index in [2.05, 4.69) is 44.8 Å². The monoisotopic (exact) mass is 248 g/mol. The van der Waals surface area contributed by atoms with Crippen LogP contribution in [0.25, 0.3) is 0 Å². The van der Waals surface area contributed by atoms with Gasteiger partial charge in [0.1, 0.15) is 0 Å². The van der Waals surface area contributed by atoms with Gasteiger partial charge in [-0.25, -0.2) is 10.0 Å². The van der Waals surface area contributed by atoms with Crippen molar-refractivity contribution in [2.45, 2.75) is 6.92 Å². The van der Waals surface area contributed by atoms with Crippen LogP contribution in [0.3, 0.4) is 0 Å². The van der Waals surface area contributed by atoms with Crippen LogP contribution in [-0.4, -0.2) is 26.1 Å². The lowest BCUT2D eigenvalue weighted by molar-refractivity contribution is 1.48. The molecule has 0 aliphatic rings. The SMILES string of the molecule is CCS(CS)(CS)CSCS. The first-order valence-electron chi connectivity index (χ1n) is 3.39. The average Bonchev–Trinajstić information content (AvgIpc) is 2.08. The molecule has 0 N–H and O–H groups in total. The van der Waals surface area contributed by atoms with Crippen molar-refractivity contribution in [2.75, 3.05) is 26.1 Å². The van der Waals surface area contributed by atoms with E-state index in [1.54, 1.807) is 0 Å². The summed E-state index contributed by atoms with van der Waals surface area (Å²) in [6.45, 7) is 2.24. The summed E-state index contributed by atoms with van der Waals surface area (Å²) in [5.74, 6) is 1.24. The lowest BCUT2D eigenvalue weighted by atomic mass is 11.0. The molecule has 0 radical (unpaired) electrons. The maximum Gasteiger partial charge on any atom is 0.0369 e. The average molecular weight is 249 g/mol. The zero-order valence-corrected chi connectivity index (χ0v) is 11.0. The van der Waals surface area contributed by atoms with Crippen LogP contribution >= 0.6 is 59.7 Å². The maximum absolute atomic E-state index is 4.38. The first-order chi connectivity index (χ1) is 5.24. The molecule has 0 saturated carbocycles. The van der Waals surface area contributed by atoms with Crippen LogP contribution in [0.4, 0.5) is 0 Å². The van der Waals surface area contributed by atoms with E-state index in [9.17, 15) is 0 Å². The Hall–Kier alpha value is 1.75. The fourth-order valence-corrected chi connectivity index (χ4v) is 8.11. The third-order valence-corrected chi connectivity index (χ3v) is 10.6. The Morgan fingerprint density at radius 2 is 1.73 bits per heavy atom. The van der Waals surface area contributed by atoms with Gasteiger partial charge in [0, 0.05) is 20.3 Å². The van der Waals surface area contributed by atoms with Crippen molar-refractivity contribution < 1.29 is 0 Å². The molecule has 0 aromatic heterocycles. The summed E-state index contributed by atoms with van der Waals surface area (Å²) in [4.78, 5) is 0. The number of thiol groups is 3. The molecule has 0 rings (SSSR count). The van der Waals surface area contributed by atoms with Gasteiger partial charge >= 0.3 is 0 Å². The van der Waals surface area contributed by atoms with E-state index in [4.69, 9.17) is 0 Å². The summed E-state index contributed by atoms with van der Waals surface area (Å²) in [6.07, 6.45) is 0. The van der Waals surface area contributed by atoms with E-state index < -0.39 is 10.0 Å². The zero-order chi connectivity index (χ0) is 8.74. The van der Waals surface area contributed by atoms with Gasteiger partial charge in [-0.3, -0.25) is 0 Å². The van der Waals surface area contributed by atoms with Gasteiger partial charge in [-0.15, -0.1) is 11.8 Å². The summed E-state index contributed by atoms with van der Waals surface area (Å²) < 4.78 is 0. The Morgan fingerprint density at radius 3 is 2.00 bits per heavy atom. The highest BCUT2D eigenvalue weighted by molar-refractivity contribution is 8.46. The Morgan fingerprint density at radius 1 is 1.18 bits per heavy atom. The van der Waals surface area contributed by atoms with E-state index in [0.717, 1.165) is 15.3 Å². The van der Waals surface area contributed by atoms with Crippen molar-refractivity contribution in [3.8, 4) is 0 Å². The quantitative estimate of drug-likeness (QED) is 0.479. The van der Waals surface area contributed by atoms with E-state index in [0.29, 0.717) is 0 Å². The molecule has 0 heterocycles. The summed E-state index contributed by atoms with van der Waals surface area (Å²) in [5, 5.41) is 4.14. The summed E-state index contributed by atoms with van der Waals surface area (Å²) in [7, 11) is -0.530. The molecule has 0 aliphatic carbocycles. The van der Waals surface area contributed by atoms with Crippen molar-refractivity contribution >= 4 is 59.7 Å². The molecule has 0 aromatic carbocycles. The molecule has 0 bridgehead atoms. The van der Waals surface area contributed by atoms with Gasteiger partial charge < -0.3 is 0 Å². The molecule has 0 spiro atoms. The summed E-state index contributed by atoms with van der Waals surface area (Å²) in [5.41, 5.74) is 0. The fourth-order valence-electron chi connectivity index (χ4n) is 0.595. The highest BCUT2D eigenvalue weighted by Gasteiger charge is 2.17. The van der Waals surface area contributed by atoms with Gasteiger partial charge in [0.2, 0.25) is 0 Å². The number of hydrogen-bond donors (Lipinski definition) is 3. The standard InChI is InChI=1S/C6H16S5/c1-2-11(4-8,5-9)6-10-3-7/h7-9H,2-6H2,1H3. The Kier molecular flexibility index (Phi) is 8.32. The summed E-state index contributed by atoms with van der Waals surface area (Å²) in [6, 6.07) is 0. The van der Waals surface area contributed by atoms with Crippen LogP contribution in [0.1, 0.15) is 6.92 Å². The van der Waals surface area contributed by atoms with E-state index in [1.807, 2.05) is 11.8 Å². The van der Waals surface area contributed by atoms with Crippen LogP contribution in [0.5, 0.6) is 0 Å². The Balaban J connectivity index is 3.84. The fraction of sp³-hybridized carbons (Fsp3) is 1.00. The highest BCUT2D eigenvalue weighted by atomic mass is 32.3. The van der Waals surface area contributed by atoms with Crippen molar-refractivity contribution in [3.63, 3.8) is 0 Å². The molecule has 5 heteroatoms. The molecular weight excluding hydrogens is 232 g/mol. The number of hydrogen-bond acceptors (Lipinski definition) is 4. The zero-order valence-electron chi connectivity index (χ0n) is 6.69. The lowest BCUT2D eigenvalue weighted by Gasteiger charge is -2.35. The Bertz CT molecular complexity index is 82.7. The summed E-state index contributed by atoms with van der Waals surface area (Å²) >= 11 is 14.8. The van der Waals surface area contributed by atoms with Crippen LogP contribution in [0.2, 0.25) is 0 Å². The molecule has 0 saturated heterocycles. The lowest BCUT2D eigenvalue weighted by Crippen LogP contribution is -2.08. The first-order valence-corrected chi connectivity index (χ1v) is 8.75. The van der Waals surface area contributed by atoms with Crippen LogP contribution in [0, 0.1) is 0 Å². The molecule has 0 fully saturated rings. The van der Waals surface area contributed by atoms with Crippen molar-refractivity contribution in [1.82, 2.24) is 0 Å². The normalized spacial score (nSPS) is 13.5. The molecular formula is C6H16S5. The third-order valence-electron chi connectivity index (χ3n) is 1.58. The highest BCUT2D eigenvalue weighted by Crippen LogP contribution is 2.51. The second-order valence-electron chi connectivity index (χ2n) is 2.22. The van der Waals surface area contributed by atoms with Gasteiger partial charge in [-0.05, 0) is 5.75 Å². The predicted molar refractivity (Wildman–Crippen MR) is 72.1 cm³/mol. The molecule has 70 valence electrons. The molecule has 0 unspecified atom stereocenters. The van der Waals surface area contributed by atoms with E-state index >= 15 is 0 Å². The van der Waals surface area contributed by atoms with Gasteiger partial charge in [0.15, 0.2) is 0 Å². The van der Waals surface area contributed by atoms with E-state index in [1.165, 1.54) is 10.8 Å². The smallest absolute Gasteiger partial charge is 0.0369 e. The molecule has 11 heavy (non-hydrogen) atoms. The van der Waals surface area contributed by atoms with Crippen molar-refractivity contribution in [1.29, 1.82) is 0 Å². The predicted octanol–water partition coefficient (Wildman–Crippen LogP) is 3.16. The molecule has 0 aliphatic heterocycles. The van der Waals surface area contributed by atoms with Crippen LogP contribution < -0.4 is 0 Å². The largest absolute Gasteiger partial charge is 0.214 e. The van der Waals surface area contributed by atoms with E-state index in [-0.39, 0.29) is 0 Å². The van der Waals surface area contributed by atoms with Gasteiger partial charge in [-0.1, -0.05) is 6.92 Å². The molecule has 0 atom stereocenters. The van der Waals surface area contributed by atoms with Gasteiger partial charge in [0.05, 0.1) is 0 Å². The minimum Gasteiger partial charge on any atom is -0.214 e. The minimum absolute atomic E-state index is 0.530. The molecule has 0 aromatic rings. The topological polar surface area (TPSA) is 0 Å². The minimum atomic E-state index is -0.530. The third kappa shape index (κ3) is 4.50. The van der Waals surface area contributed by atoms with Crippen LogP contribution in [0.15, 0.2) is 0 Å². The Labute approximate surface area is 92.2 Å². The van der Waals surface area contributed by atoms with Crippen LogP contribution in [-0.2, 0) is 0 Å². The number of rotatable bonds is 6. The second kappa shape index (κ2) is 7.18. The maximum atomic E-state index is 4.38. The first kappa shape index (κ1) is 12.8. The van der Waals surface area contributed by atoms with Crippen molar-refractivity contribution in [3.05, 3.63) is 0 Å². The molecule has 0 nitrogen and oxygen atoms in total. The van der Waals surface area contributed by atoms with Gasteiger partial charge in [-0.2, -0.15) is 37.9 Å².